The number of likely N-dealkylation sites (tertiary alicyclic amines) is 1. The number of carbonyl (C=O) groups excluding carboxylic acids is 1. The van der Waals surface area contributed by atoms with Gasteiger partial charge in [0, 0.05) is 57.1 Å². The van der Waals surface area contributed by atoms with Crippen molar-refractivity contribution in [3.8, 4) is 0 Å². The number of hydrogen-bond donors (Lipinski definition) is 0. The molecule has 0 amide bonds. The fourth-order valence-electron chi connectivity index (χ4n) is 6.51. The molecule has 2 saturated heterocycles. The first-order chi connectivity index (χ1) is 20.5. The summed E-state index contributed by atoms with van der Waals surface area (Å²) >= 11 is 0. The van der Waals surface area contributed by atoms with Crippen LogP contribution in [0.4, 0.5) is 0 Å². The Kier molecular flexibility index (Phi) is 9.55. The number of guanidine groups is 1. The normalized spacial score (nSPS) is 19.7. The number of ketones is 1. The van der Waals surface area contributed by atoms with E-state index in [4.69, 9.17) is 6.57 Å². The Morgan fingerprint density at radius 1 is 1.10 bits per heavy atom. The van der Waals surface area contributed by atoms with Gasteiger partial charge in [-0.3, -0.25) is 9.78 Å². The number of carbonyl (C=O) groups is 1. The molecular formula is C33H40N8O. The zero-order valence-corrected chi connectivity index (χ0v) is 24.9. The molecule has 0 aliphatic carbocycles. The molecule has 1 aromatic carbocycles. The van der Waals surface area contributed by atoms with Gasteiger partial charge in [0.05, 0.1) is 23.0 Å². The highest BCUT2D eigenvalue weighted by Gasteiger charge is 2.43. The van der Waals surface area contributed by atoms with Crippen LogP contribution >= 0.6 is 0 Å². The molecule has 2 aliphatic rings. The van der Waals surface area contributed by atoms with E-state index in [0.717, 1.165) is 68.2 Å². The summed E-state index contributed by atoms with van der Waals surface area (Å²) in [4.78, 5) is 36.3. The number of piperidine rings is 1. The predicted molar refractivity (Wildman–Crippen MR) is 163 cm³/mol. The molecule has 2 atom stereocenters. The van der Waals surface area contributed by atoms with Gasteiger partial charge in [-0.25, -0.2) is 9.97 Å². The lowest BCUT2D eigenvalue weighted by molar-refractivity contribution is 0.0952. The molecule has 0 N–H and O–H groups in total. The van der Waals surface area contributed by atoms with Crippen molar-refractivity contribution in [2.45, 2.75) is 77.5 Å². The second-order valence-corrected chi connectivity index (χ2v) is 11.4. The maximum atomic E-state index is 12.9. The van der Waals surface area contributed by atoms with Gasteiger partial charge in [-0.15, -0.1) is 4.95 Å². The van der Waals surface area contributed by atoms with Crippen molar-refractivity contribution >= 4 is 11.7 Å². The molecule has 4 heterocycles. The number of nitrogens with zero attached hydrogens (tertiary/aromatic N) is 8. The molecule has 9 heteroatoms. The van der Waals surface area contributed by atoms with Gasteiger partial charge in [-0.1, -0.05) is 36.4 Å². The average Bonchev–Trinajstić information content (AvgIpc) is 3.35. The van der Waals surface area contributed by atoms with Crippen molar-refractivity contribution in [2.24, 2.45) is 5.10 Å². The van der Waals surface area contributed by atoms with E-state index in [1.54, 1.807) is 6.20 Å². The lowest BCUT2D eigenvalue weighted by Crippen LogP contribution is -2.49. The highest BCUT2D eigenvalue weighted by molar-refractivity contribution is 5.97. The van der Waals surface area contributed by atoms with E-state index in [-0.39, 0.29) is 11.8 Å². The van der Waals surface area contributed by atoms with Gasteiger partial charge in [0.2, 0.25) is 0 Å². The van der Waals surface area contributed by atoms with Crippen LogP contribution in [0.25, 0.3) is 4.95 Å². The van der Waals surface area contributed by atoms with Crippen LogP contribution in [0, 0.1) is 20.4 Å². The van der Waals surface area contributed by atoms with E-state index >= 15 is 0 Å². The smallest absolute Gasteiger partial charge is 0.284 e. The summed E-state index contributed by atoms with van der Waals surface area (Å²) in [6.07, 6.45) is 9.54. The van der Waals surface area contributed by atoms with Gasteiger partial charge in [-0.05, 0) is 63.6 Å². The molecule has 218 valence electrons. The minimum atomic E-state index is 0.136. The minimum absolute atomic E-state index is 0.136. The third-order valence-corrected chi connectivity index (χ3v) is 8.71. The van der Waals surface area contributed by atoms with E-state index in [1.165, 1.54) is 11.9 Å². The Hall–Kier alpha value is -4.16. The SMILES string of the molecule is [C-]#[N+]/N=C1\N(Cc2cccnc2)CC(c2ccccc2)N1C1CCN([C@@H](C)CCCC(=O)c2c(C)ncnc2C)CC1. The van der Waals surface area contributed by atoms with E-state index in [9.17, 15) is 4.79 Å². The molecule has 5 rings (SSSR count). The van der Waals surface area contributed by atoms with Crippen LogP contribution in [0.1, 0.15) is 77.9 Å². The fourth-order valence-corrected chi connectivity index (χ4v) is 6.51. The quantitative estimate of drug-likeness (QED) is 0.184. The van der Waals surface area contributed by atoms with Gasteiger partial charge in [0.25, 0.3) is 5.96 Å². The molecule has 42 heavy (non-hydrogen) atoms. The number of Topliss-reactive ketones (excluding diaryl/α,β-unsaturated/α-hetero) is 1. The van der Waals surface area contributed by atoms with Crippen molar-refractivity contribution in [3.05, 3.63) is 101 Å². The van der Waals surface area contributed by atoms with E-state index in [1.807, 2.05) is 32.2 Å². The summed E-state index contributed by atoms with van der Waals surface area (Å²) in [5.41, 5.74) is 4.56. The summed E-state index contributed by atoms with van der Waals surface area (Å²) in [7, 11) is 0. The van der Waals surface area contributed by atoms with E-state index < -0.39 is 0 Å². The van der Waals surface area contributed by atoms with Crippen LogP contribution in [0.5, 0.6) is 0 Å². The maximum absolute atomic E-state index is 12.9. The van der Waals surface area contributed by atoms with Crippen LogP contribution in [0.2, 0.25) is 0 Å². The zero-order valence-electron chi connectivity index (χ0n) is 24.9. The lowest BCUT2D eigenvalue weighted by Gasteiger charge is -2.41. The Balaban J connectivity index is 1.23. The van der Waals surface area contributed by atoms with Crippen molar-refractivity contribution in [1.29, 1.82) is 0 Å². The van der Waals surface area contributed by atoms with Gasteiger partial charge < -0.3 is 14.7 Å². The maximum Gasteiger partial charge on any atom is 0.284 e. The first-order valence-electron chi connectivity index (χ1n) is 14.9. The predicted octanol–water partition coefficient (Wildman–Crippen LogP) is 5.44. The van der Waals surface area contributed by atoms with Crippen LogP contribution in [-0.4, -0.2) is 73.1 Å². The molecular weight excluding hydrogens is 524 g/mol. The monoisotopic (exact) mass is 564 g/mol. The van der Waals surface area contributed by atoms with Crippen molar-refractivity contribution in [1.82, 2.24) is 29.7 Å². The standard InChI is InChI=1S/C33H40N8O/c1-24(10-8-14-31(42)32-25(2)36-23-37-26(32)3)39-18-15-29(16-19-39)41-30(28-12-6-5-7-13-28)22-40(33(41)38-34-4)21-27-11-9-17-35-20-27/h5-7,9,11-13,17,20,23-24,29-30H,8,10,14-16,18-19,21-22H2,1-3H3/b38-33+/t24-,30?/m0/s1. The van der Waals surface area contributed by atoms with Crippen LogP contribution in [0.3, 0.4) is 0 Å². The Morgan fingerprint density at radius 3 is 2.50 bits per heavy atom. The average molecular weight is 565 g/mol. The Bertz CT molecular complexity index is 1390. The summed E-state index contributed by atoms with van der Waals surface area (Å²) in [5, 5.41) is 4.37. The fraction of sp³-hybridized carbons (Fsp3) is 0.455. The summed E-state index contributed by atoms with van der Waals surface area (Å²) in [6, 6.07) is 15.5. The Morgan fingerprint density at radius 2 is 1.83 bits per heavy atom. The number of hydrogen-bond acceptors (Lipinski definition) is 6. The van der Waals surface area contributed by atoms with Crippen LogP contribution in [0.15, 0.2) is 66.3 Å². The number of aromatic nitrogens is 3. The van der Waals surface area contributed by atoms with Crippen molar-refractivity contribution < 1.29 is 4.79 Å². The van der Waals surface area contributed by atoms with Crippen LogP contribution in [-0.2, 0) is 6.54 Å². The first kappa shape index (κ1) is 29.3. The molecule has 0 bridgehead atoms. The number of rotatable bonds is 10. The Labute approximate surface area is 249 Å². The second-order valence-electron chi connectivity index (χ2n) is 11.4. The van der Waals surface area contributed by atoms with Crippen molar-refractivity contribution in [2.75, 3.05) is 19.6 Å². The van der Waals surface area contributed by atoms with Crippen molar-refractivity contribution in [3.63, 3.8) is 0 Å². The van der Waals surface area contributed by atoms with Gasteiger partial charge in [-0.2, -0.15) is 6.57 Å². The molecule has 2 fully saturated rings. The van der Waals surface area contributed by atoms with Gasteiger partial charge >= 0.3 is 0 Å². The molecule has 0 saturated carbocycles. The number of aryl methyl sites for hydroxylation is 2. The summed E-state index contributed by atoms with van der Waals surface area (Å²) in [6.45, 7) is 17.1. The highest BCUT2D eigenvalue weighted by Crippen LogP contribution is 2.36. The first-order valence-corrected chi connectivity index (χ1v) is 14.9. The molecule has 3 aromatic rings. The highest BCUT2D eigenvalue weighted by atomic mass is 16.1. The van der Waals surface area contributed by atoms with E-state index in [0.29, 0.717) is 30.6 Å². The molecule has 2 aliphatic heterocycles. The number of pyridine rings is 1. The molecule has 9 nitrogen and oxygen atoms in total. The summed E-state index contributed by atoms with van der Waals surface area (Å²) in [5.74, 6) is 0.906. The van der Waals surface area contributed by atoms with E-state index in [2.05, 4.69) is 77.0 Å². The largest absolute Gasteiger partial charge is 0.330 e. The van der Waals surface area contributed by atoms with Gasteiger partial charge in [0.1, 0.15) is 11.4 Å². The molecule has 0 radical (unpaired) electrons. The second kappa shape index (κ2) is 13.7. The third kappa shape index (κ3) is 6.66. The molecule has 2 aromatic heterocycles. The number of benzene rings is 1. The minimum Gasteiger partial charge on any atom is -0.330 e. The zero-order chi connectivity index (χ0) is 29.5. The molecule has 0 spiro atoms. The topological polar surface area (TPSA) is 82.2 Å². The van der Waals surface area contributed by atoms with Crippen LogP contribution < -0.4 is 0 Å². The third-order valence-electron chi connectivity index (χ3n) is 8.71. The summed E-state index contributed by atoms with van der Waals surface area (Å²) < 4.78 is 0. The lowest BCUT2D eigenvalue weighted by atomic mass is 9.96. The molecule has 1 unspecified atom stereocenters. The van der Waals surface area contributed by atoms with Gasteiger partial charge in [0.15, 0.2) is 5.78 Å².